The number of fused-ring (bicyclic) bond motifs is 1. The molecule has 7 nitrogen and oxygen atoms in total. The van der Waals surface area contributed by atoms with E-state index in [0.29, 0.717) is 18.4 Å². The molecule has 33 heavy (non-hydrogen) atoms. The van der Waals surface area contributed by atoms with Crippen LogP contribution in [0.1, 0.15) is 15.9 Å². The topological polar surface area (TPSA) is 96.1 Å². The zero-order valence-electron chi connectivity index (χ0n) is 17.6. The van der Waals surface area contributed by atoms with Crippen LogP contribution in [0.3, 0.4) is 0 Å². The Labute approximate surface area is 189 Å². The summed E-state index contributed by atoms with van der Waals surface area (Å²) in [4.78, 5) is 24.2. The fourth-order valence-corrected chi connectivity index (χ4v) is 3.48. The SMILES string of the molecule is O=C(CNC(=O)c1ccc(F)cc1)N=Nc1c(O)n(CCc2ccccc2)c2ccccc12. The fourth-order valence-electron chi connectivity index (χ4n) is 3.48. The smallest absolute Gasteiger partial charge is 0.283 e. The highest BCUT2D eigenvalue weighted by Gasteiger charge is 2.17. The van der Waals surface area contributed by atoms with E-state index in [1.165, 1.54) is 12.1 Å². The monoisotopic (exact) mass is 444 g/mol. The first-order valence-corrected chi connectivity index (χ1v) is 10.4. The van der Waals surface area contributed by atoms with Crippen molar-refractivity contribution < 1.29 is 19.1 Å². The molecule has 1 heterocycles. The molecule has 0 unspecified atom stereocenters. The summed E-state index contributed by atoms with van der Waals surface area (Å²) in [6.07, 6.45) is 0.706. The molecule has 0 spiro atoms. The van der Waals surface area contributed by atoms with Gasteiger partial charge in [-0.05, 0) is 42.3 Å². The van der Waals surface area contributed by atoms with Crippen molar-refractivity contribution in [3.63, 3.8) is 0 Å². The van der Waals surface area contributed by atoms with Gasteiger partial charge in [-0.2, -0.15) is 0 Å². The molecule has 4 aromatic rings. The Balaban J connectivity index is 1.47. The van der Waals surface area contributed by atoms with E-state index in [2.05, 4.69) is 15.5 Å². The van der Waals surface area contributed by atoms with Gasteiger partial charge in [0.2, 0.25) is 5.88 Å². The molecule has 0 saturated carbocycles. The summed E-state index contributed by atoms with van der Waals surface area (Å²) in [5.74, 6) is -1.76. The minimum Gasteiger partial charge on any atom is -0.493 e. The molecule has 0 bridgehead atoms. The summed E-state index contributed by atoms with van der Waals surface area (Å²) in [7, 11) is 0. The van der Waals surface area contributed by atoms with Crippen molar-refractivity contribution in [3.05, 3.63) is 95.8 Å². The standard InChI is InChI=1S/C25H21FN4O3/c26-19-12-10-18(11-13-19)24(32)27-16-22(31)28-29-23-20-8-4-5-9-21(20)30(25(23)33)15-14-17-6-2-1-3-7-17/h1-13,33H,14-16H2,(H,27,32). The third kappa shape index (κ3) is 5.12. The molecular formula is C25H21FN4O3. The zero-order chi connectivity index (χ0) is 23.2. The van der Waals surface area contributed by atoms with Gasteiger partial charge in [0.15, 0.2) is 5.69 Å². The minimum absolute atomic E-state index is 0.0842. The molecule has 1 aromatic heterocycles. The Bertz CT molecular complexity index is 1320. The van der Waals surface area contributed by atoms with Crippen LogP contribution in [0, 0.1) is 5.82 Å². The maximum absolute atomic E-state index is 13.0. The molecule has 2 amide bonds. The molecule has 0 atom stereocenters. The summed E-state index contributed by atoms with van der Waals surface area (Å²) in [5, 5.41) is 21.5. The van der Waals surface area contributed by atoms with E-state index in [-0.39, 0.29) is 23.7 Å². The van der Waals surface area contributed by atoms with E-state index < -0.39 is 17.6 Å². The van der Waals surface area contributed by atoms with E-state index in [0.717, 1.165) is 23.2 Å². The fraction of sp³-hybridized carbons (Fsp3) is 0.120. The van der Waals surface area contributed by atoms with Crippen LogP contribution in [0.25, 0.3) is 10.9 Å². The second kappa shape index (κ2) is 9.86. The number of aromatic nitrogens is 1. The summed E-state index contributed by atoms with van der Waals surface area (Å²) >= 11 is 0. The highest BCUT2D eigenvalue weighted by atomic mass is 19.1. The zero-order valence-corrected chi connectivity index (χ0v) is 17.6. The third-order valence-corrected chi connectivity index (χ3v) is 5.15. The summed E-state index contributed by atoms with van der Waals surface area (Å²) in [5.41, 5.74) is 2.32. The van der Waals surface area contributed by atoms with Crippen LogP contribution in [-0.4, -0.2) is 28.0 Å². The first-order valence-electron chi connectivity index (χ1n) is 10.4. The largest absolute Gasteiger partial charge is 0.493 e. The number of azo groups is 1. The van der Waals surface area contributed by atoms with E-state index in [9.17, 15) is 19.1 Å². The number of amides is 2. The van der Waals surface area contributed by atoms with Crippen LogP contribution in [-0.2, 0) is 17.8 Å². The lowest BCUT2D eigenvalue weighted by atomic mass is 10.1. The molecule has 0 aliphatic carbocycles. The number of hydrogen-bond donors (Lipinski definition) is 2. The van der Waals surface area contributed by atoms with Gasteiger partial charge in [0, 0.05) is 17.5 Å². The Morgan fingerprint density at radius 3 is 2.39 bits per heavy atom. The highest BCUT2D eigenvalue weighted by Crippen LogP contribution is 2.38. The first-order chi connectivity index (χ1) is 16.0. The maximum atomic E-state index is 13.0. The Morgan fingerprint density at radius 2 is 1.64 bits per heavy atom. The molecule has 8 heteroatoms. The molecule has 0 aliphatic rings. The van der Waals surface area contributed by atoms with Gasteiger partial charge in [0.1, 0.15) is 12.4 Å². The van der Waals surface area contributed by atoms with Crippen LogP contribution >= 0.6 is 0 Å². The van der Waals surface area contributed by atoms with E-state index in [4.69, 9.17) is 0 Å². The Morgan fingerprint density at radius 1 is 0.939 bits per heavy atom. The number of nitrogens with zero attached hydrogens (tertiary/aromatic N) is 3. The maximum Gasteiger partial charge on any atom is 0.283 e. The summed E-state index contributed by atoms with van der Waals surface area (Å²) < 4.78 is 14.7. The number of halogens is 1. The summed E-state index contributed by atoms with van der Waals surface area (Å²) in [6.45, 7) is 0.140. The number of carbonyl (C=O) groups is 2. The quantitative estimate of drug-likeness (QED) is 0.402. The molecule has 2 N–H and O–H groups in total. The van der Waals surface area contributed by atoms with Gasteiger partial charge in [-0.1, -0.05) is 48.5 Å². The highest BCUT2D eigenvalue weighted by molar-refractivity contribution is 5.97. The van der Waals surface area contributed by atoms with Crippen LogP contribution in [0.4, 0.5) is 10.1 Å². The number of rotatable bonds is 7. The average Bonchev–Trinajstić information content (AvgIpc) is 3.11. The molecule has 0 saturated heterocycles. The second-order valence-electron chi connectivity index (χ2n) is 7.36. The third-order valence-electron chi connectivity index (χ3n) is 5.15. The van der Waals surface area contributed by atoms with E-state index in [1.807, 2.05) is 48.5 Å². The van der Waals surface area contributed by atoms with Gasteiger partial charge >= 0.3 is 0 Å². The number of hydrogen-bond acceptors (Lipinski definition) is 4. The second-order valence-corrected chi connectivity index (χ2v) is 7.36. The van der Waals surface area contributed by atoms with Crippen molar-refractivity contribution >= 4 is 28.4 Å². The number of nitrogens with one attached hydrogen (secondary N) is 1. The van der Waals surface area contributed by atoms with Crippen molar-refractivity contribution in [2.75, 3.05) is 6.54 Å². The lowest BCUT2D eigenvalue weighted by Gasteiger charge is -2.07. The first kappa shape index (κ1) is 21.9. The molecule has 0 aliphatic heterocycles. The van der Waals surface area contributed by atoms with Crippen molar-refractivity contribution in [2.24, 2.45) is 10.2 Å². The molecule has 166 valence electrons. The van der Waals surface area contributed by atoms with Crippen molar-refractivity contribution in [1.82, 2.24) is 9.88 Å². The lowest BCUT2D eigenvalue weighted by molar-refractivity contribution is -0.117. The Kier molecular flexibility index (Phi) is 6.54. The van der Waals surface area contributed by atoms with Gasteiger partial charge in [-0.25, -0.2) is 4.39 Å². The number of aryl methyl sites for hydroxylation is 2. The van der Waals surface area contributed by atoms with Crippen LogP contribution in [0.15, 0.2) is 89.1 Å². The van der Waals surface area contributed by atoms with Crippen molar-refractivity contribution in [1.29, 1.82) is 0 Å². The van der Waals surface area contributed by atoms with Crippen molar-refractivity contribution in [3.8, 4) is 5.88 Å². The molecule has 3 aromatic carbocycles. The molecule has 4 rings (SSSR count). The van der Waals surface area contributed by atoms with E-state index in [1.54, 1.807) is 10.6 Å². The lowest BCUT2D eigenvalue weighted by Crippen LogP contribution is -2.28. The summed E-state index contributed by atoms with van der Waals surface area (Å²) in [6, 6.07) is 22.2. The number of carbonyl (C=O) groups excluding carboxylic acids is 2. The van der Waals surface area contributed by atoms with Crippen LogP contribution in [0.5, 0.6) is 5.88 Å². The van der Waals surface area contributed by atoms with Gasteiger partial charge in [-0.3, -0.25) is 9.59 Å². The van der Waals surface area contributed by atoms with Gasteiger partial charge < -0.3 is 15.0 Å². The van der Waals surface area contributed by atoms with Gasteiger partial charge in [-0.15, -0.1) is 10.2 Å². The van der Waals surface area contributed by atoms with Gasteiger partial charge in [0.05, 0.1) is 5.52 Å². The normalized spacial score (nSPS) is 11.2. The van der Waals surface area contributed by atoms with Crippen LogP contribution in [0.2, 0.25) is 0 Å². The van der Waals surface area contributed by atoms with E-state index >= 15 is 0 Å². The molecule has 0 radical (unpaired) electrons. The Hall–Kier alpha value is -4.33. The number of aromatic hydroxyl groups is 1. The van der Waals surface area contributed by atoms with Gasteiger partial charge in [0.25, 0.3) is 11.8 Å². The predicted molar refractivity (Wildman–Crippen MR) is 122 cm³/mol. The van der Waals surface area contributed by atoms with Crippen LogP contribution < -0.4 is 5.32 Å². The predicted octanol–water partition coefficient (Wildman–Crippen LogP) is 4.77. The van der Waals surface area contributed by atoms with Crippen molar-refractivity contribution in [2.45, 2.75) is 13.0 Å². The number of para-hydroxylation sites is 1. The molecular weight excluding hydrogens is 423 g/mol. The number of benzene rings is 3. The average molecular weight is 444 g/mol. The molecule has 0 fully saturated rings. The minimum atomic E-state index is -0.689.